The molecule has 2 N–H and O–H groups in total. The SMILES string of the molecule is CC(C)Cn1ncnc1CC(N)Cc1cccc(Cl)c1. The zero-order chi connectivity index (χ0) is 14.5. The van der Waals surface area contributed by atoms with E-state index in [1.165, 1.54) is 0 Å². The molecule has 0 radical (unpaired) electrons. The zero-order valence-electron chi connectivity index (χ0n) is 12.0. The van der Waals surface area contributed by atoms with Crippen molar-refractivity contribution in [3.05, 3.63) is 47.0 Å². The lowest BCUT2D eigenvalue weighted by atomic mass is 10.0. The van der Waals surface area contributed by atoms with Crippen molar-refractivity contribution in [2.45, 2.75) is 39.3 Å². The minimum atomic E-state index is 0.0172. The van der Waals surface area contributed by atoms with E-state index in [-0.39, 0.29) is 6.04 Å². The van der Waals surface area contributed by atoms with E-state index in [9.17, 15) is 0 Å². The molecule has 5 heteroatoms. The van der Waals surface area contributed by atoms with E-state index in [1.807, 2.05) is 28.9 Å². The molecular formula is C15H21ClN4. The number of nitrogens with two attached hydrogens (primary N) is 1. The van der Waals surface area contributed by atoms with Gasteiger partial charge >= 0.3 is 0 Å². The number of hydrogen-bond donors (Lipinski definition) is 1. The Hall–Kier alpha value is -1.39. The average Bonchev–Trinajstić information content (AvgIpc) is 2.75. The van der Waals surface area contributed by atoms with Gasteiger partial charge in [0.15, 0.2) is 0 Å². The summed E-state index contributed by atoms with van der Waals surface area (Å²) in [6.45, 7) is 5.20. The molecule has 108 valence electrons. The highest BCUT2D eigenvalue weighted by Gasteiger charge is 2.12. The van der Waals surface area contributed by atoms with Crippen molar-refractivity contribution in [2.24, 2.45) is 11.7 Å². The first-order chi connectivity index (χ1) is 9.54. The fourth-order valence-corrected chi connectivity index (χ4v) is 2.43. The van der Waals surface area contributed by atoms with Gasteiger partial charge in [-0.2, -0.15) is 5.10 Å². The molecule has 1 unspecified atom stereocenters. The van der Waals surface area contributed by atoms with Crippen LogP contribution in [-0.2, 0) is 19.4 Å². The monoisotopic (exact) mass is 292 g/mol. The van der Waals surface area contributed by atoms with Gasteiger partial charge in [-0.25, -0.2) is 9.67 Å². The Morgan fingerprint density at radius 2 is 2.10 bits per heavy atom. The molecule has 1 atom stereocenters. The van der Waals surface area contributed by atoms with Crippen LogP contribution in [-0.4, -0.2) is 20.8 Å². The van der Waals surface area contributed by atoms with Gasteiger partial charge in [0.1, 0.15) is 12.2 Å². The second-order valence-electron chi connectivity index (χ2n) is 5.55. The van der Waals surface area contributed by atoms with Crippen LogP contribution in [0.1, 0.15) is 25.2 Å². The topological polar surface area (TPSA) is 56.7 Å². The maximum Gasteiger partial charge on any atom is 0.138 e. The zero-order valence-corrected chi connectivity index (χ0v) is 12.7. The molecule has 0 saturated heterocycles. The van der Waals surface area contributed by atoms with Crippen LogP contribution in [0.15, 0.2) is 30.6 Å². The van der Waals surface area contributed by atoms with Gasteiger partial charge in [0, 0.05) is 24.0 Å². The van der Waals surface area contributed by atoms with E-state index in [0.29, 0.717) is 5.92 Å². The van der Waals surface area contributed by atoms with Crippen LogP contribution in [0.3, 0.4) is 0 Å². The van der Waals surface area contributed by atoms with Gasteiger partial charge in [0.2, 0.25) is 0 Å². The van der Waals surface area contributed by atoms with Crippen LogP contribution in [0.25, 0.3) is 0 Å². The van der Waals surface area contributed by atoms with Gasteiger partial charge in [-0.3, -0.25) is 0 Å². The van der Waals surface area contributed by atoms with E-state index in [1.54, 1.807) is 6.33 Å². The molecular weight excluding hydrogens is 272 g/mol. The predicted octanol–water partition coefficient (Wildman–Crippen LogP) is 2.70. The third kappa shape index (κ3) is 4.32. The predicted molar refractivity (Wildman–Crippen MR) is 81.7 cm³/mol. The highest BCUT2D eigenvalue weighted by Crippen LogP contribution is 2.13. The van der Waals surface area contributed by atoms with Crippen molar-refractivity contribution >= 4 is 11.6 Å². The summed E-state index contributed by atoms with van der Waals surface area (Å²) in [6.07, 6.45) is 3.11. The second kappa shape index (κ2) is 6.86. The van der Waals surface area contributed by atoms with Crippen LogP contribution in [0.5, 0.6) is 0 Å². The highest BCUT2D eigenvalue weighted by atomic mass is 35.5. The Morgan fingerprint density at radius 3 is 2.80 bits per heavy atom. The summed E-state index contributed by atoms with van der Waals surface area (Å²) in [5.74, 6) is 1.49. The Labute approximate surface area is 125 Å². The van der Waals surface area contributed by atoms with Crippen molar-refractivity contribution in [1.29, 1.82) is 0 Å². The Bertz CT molecular complexity index is 550. The molecule has 0 aliphatic rings. The van der Waals surface area contributed by atoms with E-state index >= 15 is 0 Å². The molecule has 2 aromatic rings. The molecule has 0 bridgehead atoms. The molecule has 20 heavy (non-hydrogen) atoms. The molecule has 0 spiro atoms. The summed E-state index contributed by atoms with van der Waals surface area (Å²) in [5.41, 5.74) is 7.38. The normalized spacial score (nSPS) is 12.8. The van der Waals surface area contributed by atoms with Gasteiger partial charge in [0.05, 0.1) is 0 Å². The van der Waals surface area contributed by atoms with Crippen molar-refractivity contribution in [2.75, 3.05) is 0 Å². The maximum atomic E-state index is 6.22. The molecule has 0 fully saturated rings. The van der Waals surface area contributed by atoms with Crippen LogP contribution in [0.2, 0.25) is 5.02 Å². The van der Waals surface area contributed by atoms with E-state index < -0.39 is 0 Å². The first kappa shape index (κ1) is 15.0. The quantitative estimate of drug-likeness (QED) is 0.890. The first-order valence-electron chi connectivity index (χ1n) is 6.91. The standard InChI is InChI=1S/C15H21ClN4/c1-11(2)9-20-15(18-10-19-20)8-14(17)7-12-4-3-5-13(16)6-12/h3-6,10-11,14H,7-9,17H2,1-2H3. The molecule has 0 saturated carbocycles. The van der Waals surface area contributed by atoms with Gasteiger partial charge in [0.25, 0.3) is 0 Å². The third-order valence-corrected chi connectivity index (χ3v) is 3.30. The smallest absolute Gasteiger partial charge is 0.138 e. The Morgan fingerprint density at radius 1 is 1.30 bits per heavy atom. The molecule has 0 aliphatic carbocycles. The van der Waals surface area contributed by atoms with Gasteiger partial charge in [-0.1, -0.05) is 37.6 Å². The number of rotatable bonds is 6. The summed E-state index contributed by atoms with van der Waals surface area (Å²) in [7, 11) is 0. The van der Waals surface area contributed by atoms with Crippen LogP contribution < -0.4 is 5.73 Å². The van der Waals surface area contributed by atoms with Crippen LogP contribution in [0.4, 0.5) is 0 Å². The fraction of sp³-hybridized carbons (Fsp3) is 0.467. The van der Waals surface area contributed by atoms with Gasteiger partial charge in [-0.15, -0.1) is 0 Å². The summed E-state index contributed by atoms with van der Waals surface area (Å²) in [5, 5.41) is 5.01. The molecule has 0 aliphatic heterocycles. The number of hydrogen-bond acceptors (Lipinski definition) is 3. The third-order valence-electron chi connectivity index (χ3n) is 3.07. The van der Waals surface area contributed by atoms with E-state index in [0.717, 1.165) is 35.8 Å². The minimum absolute atomic E-state index is 0.0172. The number of halogens is 1. The minimum Gasteiger partial charge on any atom is -0.327 e. The highest BCUT2D eigenvalue weighted by molar-refractivity contribution is 6.30. The molecule has 4 nitrogen and oxygen atoms in total. The van der Waals surface area contributed by atoms with Gasteiger partial charge < -0.3 is 5.73 Å². The van der Waals surface area contributed by atoms with Crippen LogP contribution >= 0.6 is 11.6 Å². The summed E-state index contributed by atoms with van der Waals surface area (Å²) in [6, 6.07) is 7.84. The van der Waals surface area contributed by atoms with Crippen molar-refractivity contribution in [3.63, 3.8) is 0 Å². The van der Waals surface area contributed by atoms with Crippen molar-refractivity contribution in [1.82, 2.24) is 14.8 Å². The number of benzene rings is 1. The summed E-state index contributed by atoms with van der Waals surface area (Å²) < 4.78 is 1.95. The lowest BCUT2D eigenvalue weighted by Crippen LogP contribution is -2.27. The maximum absolute atomic E-state index is 6.22. The largest absolute Gasteiger partial charge is 0.327 e. The van der Waals surface area contributed by atoms with Crippen LogP contribution in [0, 0.1) is 5.92 Å². The van der Waals surface area contributed by atoms with E-state index in [2.05, 4.69) is 23.9 Å². The van der Waals surface area contributed by atoms with Gasteiger partial charge in [-0.05, 0) is 30.0 Å². The lowest BCUT2D eigenvalue weighted by Gasteiger charge is -2.13. The lowest BCUT2D eigenvalue weighted by molar-refractivity contribution is 0.457. The fourth-order valence-electron chi connectivity index (χ4n) is 2.22. The Balaban J connectivity index is 1.98. The number of aromatic nitrogens is 3. The van der Waals surface area contributed by atoms with Crippen molar-refractivity contribution in [3.8, 4) is 0 Å². The summed E-state index contributed by atoms with van der Waals surface area (Å²) in [4.78, 5) is 4.31. The molecule has 2 rings (SSSR count). The molecule has 1 aromatic carbocycles. The average molecular weight is 293 g/mol. The van der Waals surface area contributed by atoms with E-state index in [4.69, 9.17) is 17.3 Å². The number of nitrogens with zero attached hydrogens (tertiary/aromatic N) is 3. The molecule has 1 aromatic heterocycles. The molecule has 0 amide bonds. The summed E-state index contributed by atoms with van der Waals surface area (Å²) >= 11 is 5.99. The molecule has 1 heterocycles. The second-order valence-corrected chi connectivity index (χ2v) is 5.99. The Kier molecular flexibility index (Phi) is 5.15. The van der Waals surface area contributed by atoms with Crippen molar-refractivity contribution < 1.29 is 0 Å². The first-order valence-corrected chi connectivity index (χ1v) is 7.29.